The monoisotopic (exact) mass is 357 g/mol. The first kappa shape index (κ1) is 18.0. The zero-order valence-electron chi connectivity index (χ0n) is 15.2. The van der Waals surface area contributed by atoms with E-state index >= 15 is 0 Å². The molecule has 0 spiro atoms. The van der Waals surface area contributed by atoms with Crippen molar-refractivity contribution in [1.29, 1.82) is 0 Å². The van der Waals surface area contributed by atoms with Gasteiger partial charge in [-0.3, -0.25) is 0 Å². The molecule has 4 nitrogen and oxygen atoms in total. The molecule has 1 heterocycles. The lowest BCUT2D eigenvalue weighted by Crippen LogP contribution is -2.55. The lowest BCUT2D eigenvalue weighted by molar-refractivity contribution is 0.157. The van der Waals surface area contributed by atoms with Gasteiger partial charge in [0.25, 0.3) is 0 Å². The number of nitrogens with zero attached hydrogens (tertiary/aromatic N) is 1. The van der Waals surface area contributed by atoms with Gasteiger partial charge in [0.2, 0.25) is 0 Å². The van der Waals surface area contributed by atoms with Crippen molar-refractivity contribution >= 4 is 17.4 Å². The zero-order chi connectivity index (χ0) is 17.9. The number of nitrogens with one attached hydrogen (secondary N) is 2. The molecule has 2 amide bonds. The second kappa shape index (κ2) is 7.58. The van der Waals surface area contributed by atoms with Crippen LogP contribution in [0.2, 0.25) is 0 Å². The molecule has 134 valence electrons. The number of fused-ring (bicyclic) bond motifs is 1. The lowest BCUT2D eigenvalue weighted by Gasteiger charge is -2.36. The SMILES string of the molecule is C[C@@H](Cc1ccsc1)NC(=O)NCC1(N(C)C)Cc2ccccc2C1. The maximum absolute atomic E-state index is 12.3. The normalized spacial score (nSPS) is 16.5. The molecule has 0 bridgehead atoms. The van der Waals surface area contributed by atoms with Crippen LogP contribution in [0.25, 0.3) is 0 Å². The Balaban J connectivity index is 1.55. The fourth-order valence-electron chi connectivity index (χ4n) is 3.61. The Morgan fingerprint density at radius 2 is 1.92 bits per heavy atom. The first-order chi connectivity index (χ1) is 12.0. The van der Waals surface area contributed by atoms with Crippen LogP contribution in [0.3, 0.4) is 0 Å². The topological polar surface area (TPSA) is 44.4 Å². The van der Waals surface area contributed by atoms with E-state index in [1.54, 1.807) is 11.3 Å². The van der Waals surface area contributed by atoms with Gasteiger partial charge in [-0.15, -0.1) is 0 Å². The van der Waals surface area contributed by atoms with E-state index in [4.69, 9.17) is 0 Å². The largest absolute Gasteiger partial charge is 0.336 e. The highest BCUT2D eigenvalue weighted by Crippen LogP contribution is 2.32. The van der Waals surface area contributed by atoms with Crippen molar-refractivity contribution < 1.29 is 4.79 Å². The first-order valence-electron chi connectivity index (χ1n) is 8.78. The van der Waals surface area contributed by atoms with Crippen molar-refractivity contribution in [1.82, 2.24) is 15.5 Å². The average Bonchev–Trinajstić information content (AvgIpc) is 3.20. The molecule has 1 aliphatic rings. The van der Waals surface area contributed by atoms with E-state index < -0.39 is 0 Å². The molecule has 0 saturated heterocycles. The van der Waals surface area contributed by atoms with E-state index in [0.717, 1.165) is 19.3 Å². The summed E-state index contributed by atoms with van der Waals surface area (Å²) in [4.78, 5) is 14.6. The highest BCUT2D eigenvalue weighted by molar-refractivity contribution is 7.07. The zero-order valence-corrected chi connectivity index (χ0v) is 16.0. The molecule has 5 heteroatoms. The van der Waals surface area contributed by atoms with Crippen molar-refractivity contribution in [3.8, 4) is 0 Å². The average molecular weight is 358 g/mol. The fraction of sp³-hybridized carbons (Fsp3) is 0.450. The van der Waals surface area contributed by atoms with E-state index in [2.05, 4.69) is 70.7 Å². The smallest absolute Gasteiger partial charge is 0.315 e. The summed E-state index contributed by atoms with van der Waals surface area (Å²) >= 11 is 1.69. The number of hydrogen-bond donors (Lipinski definition) is 2. The molecule has 0 unspecified atom stereocenters. The molecule has 0 saturated carbocycles. The van der Waals surface area contributed by atoms with Gasteiger partial charge in [-0.05, 0) is 73.8 Å². The third-order valence-electron chi connectivity index (χ3n) is 5.18. The van der Waals surface area contributed by atoms with E-state index in [0.29, 0.717) is 6.54 Å². The van der Waals surface area contributed by atoms with Crippen LogP contribution in [0.5, 0.6) is 0 Å². The number of carbonyl (C=O) groups excluding carboxylic acids is 1. The summed E-state index contributed by atoms with van der Waals surface area (Å²) in [5, 5.41) is 10.4. The van der Waals surface area contributed by atoms with Gasteiger partial charge in [0, 0.05) is 18.1 Å². The summed E-state index contributed by atoms with van der Waals surface area (Å²) in [7, 11) is 4.20. The molecule has 0 aliphatic heterocycles. The number of urea groups is 1. The molecule has 3 rings (SSSR count). The van der Waals surface area contributed by atoms with Crippen molar-refractivity contribution in [2.75, 3.05) is 20.6 Å². The highest BCUT2D eigenvalue weighted by atomic mass is 32.1. The highest BCUT2D eigenvalue weighted by Gasteiger charge is 2.39. The molecule has 0 fully saturated rings. The van der Waals surface area contributed by atoms with Crippen LogP contribution in [0.4, 0.5) is 4.79 Å². The molecule has 1 aromatic carbocycles. The Bertz CT molecular complexity index is 686. The van der Waals surface area contributed by atoms with Crippen molar-refractivity contribution in [2.45, 2.75) is 37.8 Å². The van der Waals surface area contributed by atoms with Gasteiger partial charge in [0.05, 0.1) is 0 Å². The predicted molar refractivity (Wildman–Crippen MR) is 104 cm³/mol. The molecule has 2 aromatic rings. The minimum absolute atomic E-state index is 0.0440. The minimum Gasteiger partial charge on any atom is -0.336 e. The molecular formula is C20H27N3OS. The number of rotatable bonds is 6. The summed E-state index contributed by atoms with van der Waals surface area (Å²) in [6.07, 6.45) is 2.81. The third kappa shape index (κ3) is 4.22. The Hall–Kier alpha value is -1.85. The van der Waals surface area contributed by atoms with E-state index in [9.17, 15) is 4.79 Å². The van der Waals surface area contributed by atoms with Gasteiger partial charge in [0.15, 0.2) is 0 Å². The second-order valence-corrected chi connectivity index (χ2v) is 8.08. The van der Waals surface area contributed by atoms with Gasteiger partial charge >= 0.3 is 6.03 Å². The fourth-order valence-corrected chi connectivity index (χ4v) is 4.29. The Morgan fingerprint density at radius 3 is 2.48 bits per heavy atom. The standard InChI is InChI=1S/C20H27N3OS/c1-15(10-16-8-9-25-13-16)22-19(24)21-14-20(23(2)3)11-17-6-4-5-7-18(17)12-20/h4-9,13,15H,10-12,14H2,1-3H3,(H2,21,22,24)/t15-/m0/s1. The first-order valence-corrected chi connectivity index (χ1v) is 9.72. The van der Waals surface area contributed by atoms with Crippen LogP contribution in [0.15, 0.2) is 41.1 Å². The van der Waals surface area contributed by atoms with Gasteiger partial charge in [0.1, 0.15) is 0 Å². The predicted octanol–water partition coefficient (Wildman–Crippen LogP) is 3.08. The van der Waals surface area contributed by atoms with E-state index in [1.807, 2.05) is 6.92 Å². The number of thiophene rings is 1. The molecule has 0 radical (unpaired) electrons. The van der Waals surface area contributed by atoms with Gasteiger partial charge < -0.3 is 15.5 Å². The molecule has 25 heavy (non-hydrogen) atoms. The number of benzene rings is 1. The van der Waals surface area contributed by atoms with Crippen LogP contribution in [0, 0.1) is 0 Å². The summed E-state index contributed by atoms with van der Waals surface area (Å²) in [5.74, 6) is 0. The number of hydrogen-bond acceptors (Lipinski definition) is 3. The summed E-state index contributed by atoms with van der Waals surface area (Å²) < 4.78 is 0. The molecule has 2 N–H and O–H groups in total. The number of amides is 2. The van der Waals surface area contributed by atoms with Crippen LogP contribution in [-0.2, 0) is 19.3 Å². The van der Waals surface area contributed by atoms with E-state index in [-0.39, 0.29) is 17.6 Å². The van der Waals surface area contributed by atoms with Crippen molar-refractivity contribution in [2.24, 2.45) is 0 Å². The minimum atomic E-state index is -0.0834. The van der Waals surface area contributed by atoms with Crippen LogP contribution in [0.1, 0.15) is 23.6 Å². The van der Waals surface area contributed by atoms with Gasteiger partial charge in [-0.2, -0.15) is 11.3 Å². The Morgan fingerprint density at radius 1 is 1.24 bits per heavy atom. The maximum atomic E-state index is 12.3. The quantitative estimate of drug-likeness (QED) is 0.834. The van der Waals surface area contributed by atoms with E-state index in [1.165, 1.54) is 16.7 Å². The molecular weight excluding hydrogens is 330 g/mol. The van der Waals surface area contributed by atoms with Crippen LogP contribution < -0.4 is 10.6 Å². The van der Waals surface area contributed by atoms with Crippen LogP contribution in [-0.4, -0.2) is 43.2 Å². The maximum Gasteiger partial charge on any atom is 0.315 e. The number of likely N-dealkylation sites (N-methyl/N-ethyl adjacent to an activating group) is 1. The summed E-state index contributed by atoms with van der Waals surface area (Å²) in [6.45, 7) is 2.69. The van der Waals surface area contributed by atoms with Gasteiger partial charge in [-0.1, -0.05) is 24.3 Å². The van der Waals surface area contributed by atoms with Crippen molar-refractivity contribution in [3.05, 3.63) is 57.8 Å². The van der Waals surface area contributed by atoms with Gasteiger partial charge in [-0.25, -0.2) is 4.79 Å². The Kier molecular flexibility index (Phi) is 5.45. The van der Waals surface area contributed by atoms with Crippen molar-refractivity contribution in [3.63, 3.8) is 0 Å². The number of carbonyl (C=O) groups is 1. The lowest BCUT2D eigenvalue weighted by atomic mass is 9.94. The van der Waals surface area contributed by atoms with Crippen LogP contribution >= 0.6 is 11.3 Å². The molecule has 1 aromatic heterocycles. The summed E-state index contributed by atoms with van der Waals surface area (Å²) in [6, 6.07) is 10.7. The Labute approximate surface area is 154 Å². The molecule has 1 aliphatic carbocycles. The third-order valence-corrected chi connectivity index (χ3v) is 5.92. The second-order valence-electron chi connectivity index (χ2n) is 7.30. The summed E-state index contributed by atoms with van der Waals surface area (Å²) in [5.41, 5.74) is 4.01. The molecule has 1 atom stereocenters.